The third kappa shape index (κ3) is 3.45. The van der Waals surface area contributed by atoms with E-state index in [0.717, 1.165) is 19.3 Å². The Labute approximate surface area is 224 Å². The van der Waals surface area contributed by atoms with Gasteiger partial charge < -0.3 is 14.3 Å². The average Bonchev–Trinajstić information content (AvgIpc) is 3.48. The number of furan rings is 1. The quantitative estimate of drug-likeness (QED) is 0.341. The second-order valence-electron chi connectivity index (χ2n) is 11.1. The van der Waals surface area contributed by atoms with Crippen LogP contribution in [0.4, 0.5) is 0 Å². The first-order chi connectivity index (χ1) is 17.1. The van der Waals surface area contributed by atoms with Crippen LogP contribution in [0.2, 0.25) is 0 Å². The molecule has 1 heterocycles. The number of halogens is 2. The Morgan fingerprint density at radius 1 is 1.25 bits per heavy atom. The molecule has 0 aliphatic heterocycles. The molecule has 0 amide bonds. The van der Waals surface area contributed by atoms with Crippen LogP contribution >= 0.6 is 23.2 Å². The zero-order valence-electron chi connectivity index (χ0n) is 21.9. The van der Waals surface area contributed by atoms with Crippen LogP contribution in [-0.4, -0.2) is 39.3 Å². The molecule has 5 rings (SSSR count). The molecule has 8 atom stereocenters. The summed E-state index contributed by atoms with van der Waals surface area (Å²) in [5, 5.41) is 11.8. The molecule has 0 aromatic carbocycles. The Bertz CT molecular complexity index is 1060. The fraction of sp³-hybridized carbons (Fsp3) is 0.655. The minimum absolute atomic E-state index is 0.00995. The van der Waals surface area contributed by atoms with E-state index in [1.165, 1.54) is 17.9 Å². The number of aliphatic hydroxyl groups is 1. The SMILES string of the molecule is CC.C[C@@H]1C[C@H]2[C@@H]3CCC4=CC=CC[C@]4(C)[C@@]3(Cl)[C@@H](O)C[C@]2(C)[C@@]1(OC(=O)c1ccco1)C(=O)CCl. The summed E-state index contributed by atoms with van der Waals surface area (Å²) in [7, 11) is 0. The summed E-state index contributed by atoms with van der Waals surface area (Å²) in [5.41, 5.74) is -1.37. The summed E-state index contributed by atoms with van der Waals surface area (Å²) < 4.78 is 11.4. The molecule has 0 radical (unpaired) electrons. The first-order valence-electron chi connectivity index (χ1n) is 13.2. The van der Waals surface area contributed by atoms with E-state index < -0.39 is 28.0 Å². The predicted octanol–water partition coefficient (Wildman–Crippen LogP) is 6.72. The zero-order valence-corrected chi connectivity index (χ0v) is 23.4. The number of carbonyl (C=O) groups excluding carboxylic acids is 2. The Balaban J connectivity index is 0.00000148. The highest BCUT2D eigenvalue weighted by Gasteiger charge is 2.76. The van der Waals surface area contributed by atoms with Gasteiger partial charge in [-0.1, -0.05) is 58.4 Å². The molecular formula is C29H38Cl2O5. The van der Waals surface area contributed by atoms with Crippen LogP contribution in [0.25, 0.3) is 0 Å². The molecule has 3 fully saturated rings. The van der Waals surface area contributed by atoms with Crippen molar-refractivity contribution in [1.29, 1.82) is 0 Å². The van der Waals surface area contributed by atoms with Gasteiger partial charge in [0, 0.05) is 16.7 Å². The molecule has 7 heteroatoms. The number of ether oxygens (including phenoxy) is 1. The number of allylic oxidation sites excluding steroid dienone is 4. The summed E-state index contributed by atoms with van der Waals surface area (Å²) in [4.78, 5) is 25.8. The molecule has 0 bridgehead atoms. The molecule has 4 aliphatic rings. The molecule has 4 aliphatic carbocycles. The van der Waals surface area contributed by atoms with Crippen LogP contribution < -0.4 is 0 Å². The second kappa shape index (κ2) is 9.63. The van der Waals surface area contributed by atoms with E-state index in [9.17, 15) is 14.7 Å². The number of hydrogen-bond acceptors (Lipinski definition) is 5. The van der Waals surface area contributed by atoms with E-state index in [1.807, 2.05) is 27.7 Å². The molecular weight excluding hydrogens is 499 g/mol. The second-order valence-corrected chi connectivity index (χ2v) is 12.0. The maximum absolute atomic E-state index is 13.6. The van der Waals surface area contributed by atoms with Crippen molar-refractivity contribution in [1.82, 2.24) is 0 Å². The van der Waals surface area contributed by atoms with Crippen LogP contribution in [0.15, 0.2) is 46.6 Å². The van der Waals surface area contributed by atoms with Crippen LogP contribution in [0.1, 0.15) is 77.3 Å². The number of ketones is 1. The van der Waals surface area contributed by atoms with Gasteiger partial charge in [-0.15, -0.1) is 23.2 Å². The lowest BCUT2D eigenvalue weighted by Crippen LogP contribution is -2.69. The number of hydrogen-bond donors (Lipinski definition) is 1. The Morgan fingerprint density at radius 2 is 1.97 bits per heavy atom. The summed E-state index contributed by atoms with van der Waals surface area (Å²) in [5.74, 6) is -1.58. The smallest absolute Gasteiger partial charge is 0.375 e. The molecule has 198 valence electrons. The number of aliphatic hydroxyl groups excluding tert-OH is 1. The van der Waals surface area contributed by atoms with Gasteiger partial charge in [-0.05, 0) is 56.1 Å². The molecule has 0 unspecified atom stereocenters. The van der Waals surface area contributed by atoms with Crippen LogP contribution in [0.3, 0.4) is 0 Å². The van der Waals surface area contributed by atoms with Gasteiger partial charge in [0.2, 0.25) is 5.76 Å². The van der Waals surface area contributed by atoms with E-state index in [0.29, 0.717) is 6.42 Å². The van der Waals surface area contributed by atoms with E-state index in [2.05, 4.69) is 25.2 Å². The van der Waals surface area contributed by atoms with Crippen molar-refractivity contribution in [3.8, 4) is 0 Å². The van der Waals surface area contributed by atoms with E-state index in [-0.39, 0.29) is 47.0 Å². The van der Waals surface area contributed by atoms with Crippen molar-refractivity contribution in [2.45, 2.75) is 83.3 Å². The normalized spacial score (nSPS) is 42.7. The first-order valence-corrected chi connectivity index (χ1v) is 14.1. The minimum atomic E-state index is -1.47. The van der Waals surface area contributed by atoms with E-state index in [1.54, 1.807) is 6.07 Å². The van der Waals surface area contributed by atoms with Crippen molar-refractivity contribution in [3.05, 3.63) is 48.0 Å². The fourth-order valence-electron chi connectivity index (χ4n) is 8.27. The topological polar surface area (TPSA) is 76.7 Å². The van der Waals surface area contributed by atoms with Gasteiger partial charge in [0.25, 0.3) is 0 Å². The maximum atomic E-state index is 13.6. The van der Waals surface area contributed by atoms with Gasteiger partial charge in [-0.3, -0.25) is 4.79 Å². The number of esters is 1. The van der Waals surface area contributed by atoms with Crippen LogP contribution in [0.5, 0.6) is 0 Å². The highest BCUT2D eigenvalue weighted by Crippen LogP contribution is 2.72. The minimum Gasteiger partial charge on any atom is -0.457 e. The van der Waals surface area contributed by atoms with Gasteiger partial charge in [-0.2, -0.15) is 0 Å². The fourth-order valence-corrected chi connectivity index (χ4v) is 9.00. The van der Waals surface area contributed by atoms with Crippen molar-refractivity contribution >= 4 is 35.0 Å². The predicted molar refractivity (Wildman–Crippen MR) is 141 cm³/mol. The lowest BCUT2D eigenvalue weighted by molar-refractivity contribution is -0.179. The highest BCUT2D eigenvalue weighted by molar-refractivity contribution is 6.29. The lowest BCUT2D eigenvalue weighted by atomic mass is 9.45. The molecule has 3 saturated carbocycles. The standard InChI is InChI=1S/C27H32Cl2O5.C2H6/c1-16-13-19-18-10-9-17-7-4-5-11-24(17,2)26(18,29)21(30)14-25(19,3)27(16,22(31)15-28)34-23(32)20-8-6-12-33-20;1-2/h4-8,12,16,18-19,21,30H,9-11,13-15H2,1-3H3;1-2H3/t16-,18+,19+,21+,24+,25+,26+,27+;/m1./s1. The largest absolute Gasteiger partial charge is 0.457 e. The average molecular weight is 538 g/mol. The summed E-state index contributed by atoms with van der Waals surface area (Å²) in [6.45, 7) is 10.1. The zero-order chi connectivity index (χ0) is 26.5. The summed E-state index contributed by atoms with van der Waals surface area (Å²) in [6.07, 6.45) is 10.3. The number of Topliss-reactive ketones (excluding diaryl/α,β-unsaturated/α-hetero) is 1. The van der Waals surface area contributed by atoms with E-state index in [4.69, 9.17) is 32.4 Å². The summed E-state index contributed by atoms with van der Waals surface area (Å²) in [6, 6.07) is 3.13. The number of carbonyl (C=O) groups is 2. The maximum Gasteiger partial charge on any atom is 0.375 e. The molecule has 0 saturated heterocycles. The highest BCUT2D eigenvalue weighted by atomic mass is 35.5. The monoisotopic (exact) mass is 536 g/mol. The first kappa shape index (κ1) is 27.5. The Hall–Kier alpha value is -1.56. The van der Waals surface area contributed by atoms with Gasteiger partial charge in [0.05, 0.1) is 23.1 Å². The Kier molecular flexibility index (Phi) is 7.35. The number of alkyl halides is 2. The van der Waals surface area contributed by atoms with Crippen LogP contribution in [0, 0.1) is 28.6 Å². The number of fused-ring (bicyclic) bond motifs is 5. The third-order valence-corrected chi connectivity index (χ3v) is 11.0. The van der Waals surface area contributed by atoms with E-state index >= 15 is 0 Å². The van der Waals surface area contributed by atoms with Crippen LogP contribution in [-0.2, 0) is 9.53 Å². The van der Waals surface area contributed by atoms with Gasteiger partial charge in [-0.25, -0.2) is 4.79 Å². The molecule has 1 aromatic heterocycles. The number of rotatable bonds is 4. The lowest BCUT2D eigenvalue weighted by Gasteiger charge is -2.64. The van der Waals surface area contributed by atoms with Gasteiger partial charge >= 0.3 is 5.97 Å². The van der Waals surface area contributed by atoms with Crippen molar-refractivity contribution in [2.24, 2.45) is 28.6 Å². The Morgan fingerprint density at radius 3 is 2.61 bits per heavy atom. The molecule has 5 nitrogen and oxygen atoms in total. The molecule has 1 aromatic rings. The third-order valence-electron chi connectivity index (χ3n) is 9.85. The van der Waals surface area contributed by atoms with Gasteiger partial charge in [0.15, 0.2) is 11.4 Å². The van der Waals surface area contributed by atoms with Crippen molar-refractivity contribution in [2.75, 3.05) is 5.88 Å². The molecule has 36 heavy (non-hydrogen) atoms. The van der Waals surface area contributed by atoms with Gasteiger partial charge in [0.1, 0.15) is 0 Å². The summed E-state index contributed by atoms with van der Waals surface area (Å²) >= 11 is 13.7. The van der Waals surface area contributed by atoms with Crippen molar-refractivity contribution in [3.63, 3.8) is 0 Å². The molecule has 0 spiro atoms. The molecule has 1 N–H and O–H groups in total. The van der Waals surface area contributed by atoms with Crippen molar-refractivity contribution < 1.29 is 23.8 Å².